The van der Waals surface area contributed by atoms with Crippen LogP contribution in [0.2, 0.25) is 5.15 Å². The molecule has 1 heterocycles. The van der Waals surface area contributed by atoms with Gasteiger partial charge in [0.05, 0.1) is 5.52 Å². The molecule has 0 aliphatic heterocycles. The molecule has 0 fully saturated rings. The highest BCUT2D eigenvalue weighted by Gasteiger charge is 2.19. The van der Waals surface area contributed by atoms with E-state index >= 15 is 0 Å². The van der Waals surface area contributed by atoms with Crippen LogP contribution in [0, 0.1) is 6.92 Å². The van der Waals surface area contributed by atoms with Gasteiger partial charge in [0, 0.05) is 5.39 Å². The summed E-state index contributed by atoms with van der Waals surface area (Å²) in [4.78, 5) is 15.4. The molecule has 0 aliphatic rings. The molecule has 2 rings (SSSR count). The van der Waals surface area contributed by atoms with E-state index in [0.29, 0.717) is 5.56 Å². The lowest BCUT2D eigenvalue weighted by atomic mass is 9.86. The Hall–Kier alpha value is -1.61. The van der Waals surface area contributed by atoms with E-state index in [2.05, 4.69) is 25.8 Å². The van der Waals surface area contributed by atoms with Crippen LogP contribution < -0.4 is 0 Å². The van der Waals surface area contributed by atoms with Crippen LogP contribution in [0.25, 0.3) is 10.9 Å². The molecule has 2 aromatic rings. The van der Waals surface area contributed by atoms with Crippen molar-refractivity contribution in [2.24, 2.45) is 0 Å². The van der Waals surface area contributed by atoms with Gasteiger partial charge in [-0.15, -0.1) is 0 Å². The van der Waals surface area contributed by atoms with Gasteiger partial charge in [0.2, 0.25) is 0 Å². The molecule has 3 nitrogen and oxygen atoms in total. The first kappa shape index (κ1) is 13.8. The van der Waals surface area contributed by atoms with Crippen molar-refractivity contribution in [2.75, 3.05) is 0 Å². The molecule has 1 aromatic carbocycles. The number of carboxylic acid groups (broad SMARTS) is 1. The molecule has 0 amide bonds. The molecule has 0 bridgehead atoms. The normalized spacial score (nSPS) is 11.8. The molecule has 19 heavy (non-hydrogen) atoms. The number of hydrogen-bond donors (Lipinski definition) is 1. The predicted molar refractivity (Wildman–Crippen MR) is 77.1 cm³/mol. The highest BCUT2D eigenvalue weighted by atomic mass is 35.5. The molecule has 0 saturated heterocycles. The number of carbonyl (C=O) groups is 1. The van der Waals surface area contributed by atoms with Gasteiger partial charge in [0.25, 0.3) is 0 Å². The highest BCUT2D eigenvalue weighted by Crippen LogP contribution is 2.30. The summed E-state index contributed by atoms with van der Waals surface area (Å²) in [6.45, 7) is 8.12. The highest BCUT2D eigenvalue weighted by molar-refractivity contribution is 6.33. The Balaban J connectivity index is 2.78. The van der Waals surface area contributed by atoms with Crippen LogP contribution in [0.4, 0.5) is 0 Å². The Morgan fingerprint density at radius 1 is 1.32 bits per heavy atom. The largest absolute Gasteiger partial charge is 0.478 e. The van der Waals surface area contributed by atoms with Crippen LogP contribution >= 0.6 is 11.6 Å². The van der Waals surface area contributed by atoms with Gasteiger partial charge < -0.3 is 5.11 Å². The first-order valence-corrected chi connectivity index (χ1v) is 6.43. The molecule has 100 valence electrons. The molecule has 4 heteroatoms. The van der Waals surface area contributed by atoms with Gasteiger partial charge in [0.15, 0.2) is 0 Å². The second-order valence-electron chi connectivity index (χ2n) is 5.69. The molecule has 0 atom stereocenters. The van der Waals surface area contributed by atoms with Crippen molar-refractivity contribution < 1.29 is 9.90 Å². The lowest BCUT2D eigenvalue weighted by Gasteiger charge is -2.19. The van der Waals surface area contributed by atoms with Crippen molar-refractivity contribution >= 4 is 28.5 Å². The van der Waals surface area contributed by atoms with Gasteiger partial charge in [-0.3, -0.25) is 0 Å². The third kappa shape index (κ3) is 2.43. The van der Waals surface area contributed by atoms with Gasteiger partial charge in [-0.1, -0.05) is 44.5 Å². The summed E-state index contributed by atoms with van der Waals surface area (Å²) >= 11 is 5.98. The first-order chi connectivity index (χ1) is 8.71. The Morgan fingerprint density at radius 2 is 1.95 bits per heavy atom. The molecule has 0 aliphatic carbocycles. The molecule has 1 aromatic heterocycles. The summed E-state index contributed by atoms with van der Waals surface area (Å²) in [5, 5.41) is 10.0. The van der Waals surface area contributed by atoms with Gasteiger partial charge in [-0.25, -0.2) is 9.78 Å². The van der Waals surface area contributed by atoms with Crippen molar-refractivity contribution in [2.45, 2.75) is 33.1 Å². The van der Waals surface area contributed by atoms with E-state index in [1.54, 1.807) is 6.92 Å². The second kappa shape index (κ2) is 4.49. The van der Waals surface area contributed by atoms with E-state index in [4.69, 9.17) is 16.7 Å². The third-order valence-corrected chi connectivity index (χ3v) is 3.56. The summed E-state index contributed by atoms with van der Waals surface area (Å²) in [5.41, 5.74) is 2.63. The quantitative estimate of drug-likeness (QED) is 0.795. The number of nitrogens with zero attached hydrogens (tertiary/aromatic N) is 1. The molecule has 0 radical (unpaired) electrons. The number of benzene rings is 1. The molecule has 0 saturated carbocycles. The number of pyridine rings is 1. The Morgan fingerprint density at radius 3 is 2.47 bits per heavy atom. The van der Waals surface area contributed by atoms with E-state index in [-0.39, 0.29) is 16.1 Å². The van der Waals surface area contributed by atoms with Gasteiger partial charge in [-0.2, -0.15) is 0 Å². The number of aromatic carboxylic acids is 1. The maximum atomic E-state index is 11.2. The molecule has 0 unspecified atom stereocenters. The minimum Gasteiger partial charge on any atom is -0.478 e. The van der Waals surface area contributed by atoms with Gasteiger partial charge >= 0.3 is 5.97 Å². The summed E-state index contributed by atoms with van der Waals surface area (Å²) in [7, 11) is 0. The summed E-state index contributed by atoms with van der Waals surface area (Å²) < 4.78 is 0. The Kier molecular flexibility index (Phi) is 3.27. The first-order valence-electron chi connectivity index (χ1n) is 6.05. The smallest absolute Gasteiger partial charge is 0.339 e. The lowest BCUT2D eigenvalue weighted by Crippen LogP contribution is -2.11. The minimum atomic E-state index is -1.04. The van der Waals surface area contributed by atoms with Crippen molar-refractivity contribution in [3.05, 3.63) is 40.0 Å². The standard InChI is InChI=1S/C15H16ClNO2/c1-8-10-6-5-9(15(2,3)4)7-11(10)17-13(16)12(8)14(18)19/h5-7H,1-4H3,(H,18,19). The van der Waals surface area contributed by atoms with E-state index in [0.717, 1.165) is 16.5 Å². The topological polar surface area (TPSA) is 50.2 Å². The predicted octanol–water partition coefficient (Wildman–Crippen LogP) is 4.19. The molecular formula is C15H16ClNO2. The zero-order chi connectivity index (χ0) is 14.4. The maximum absolute atomic E-state index is 11.2. The Labute approximate surface area is 117 Å². The fourth-order valence-electron chi connectivity index (χ4n) is 2.11. The molecule has 1 N–H and O–H groups in total. The maximum Gasteiger partial charge on any atom is 0.339 e. The number of fused-ring (bicyclic) bond motifs is 1. The average molecular weight is 278 g/mol. The number of carboxylic acids is 1. The summed E-state index contributed by atoms with van der Waals surface area (Å²) in [6.07, 6.45) is 0. The van der Waals surface area contributed by atoms with Gasteiger partial charge in [-0.05, 0) is 29.5 Å². The fourth-order valence-corrected chi connectivity index (χ4v) is 2.42. The number of aromatic nitrogens is 1. The Bertz CT molecular complexity index is 672. The number of rotatable bonds is 1. The van der Waals surface area contributed by atoms with Crippen molar-refractivity contribution in [1.29, 1.82) is 0 Å². The van der Waals surface area contributed by atoms with Crippen LogP contribution in [0.1, 0.15) is 42.3 Å². The van der Waals surface area contributed by atoms with Crippen LogP contribution in [0.3, 0.4) is 0 Å². The number of halogens is 1. The van der Waals surface area contributed by atoms with Crippen LogP contribution in [0.5, 0.6) is 0 Å². The number of hydrogen-bond acceptors (Lipinski definition) is 2. The zero-order valence-electron chi connectivity index (χ0n) is 11.4. The van der Waals surface area contributed by atoms with E-state index in [9.17, 15) is 4.79 Å². The van der Waals surface area contributed by atoms with Crippen LogP contribution in [0.15, 0.2) is 18.2 Å². The van der Waals surface area contributed by atoms with Crippen LogP contribution in [-0.2, 0) is 5.41 Å². The minimum absolute atomic E-state index is 0.0156. The third-order valence-electron chi connectivity index (χ3n) is 3.28. The lowest BCUT2D eigenvalue weighted by molar-refractivity contribution is 0.0696. The molecular weight excluding hydrogens is 262 g/mol. The molecule has 0 spiro atoms. The monoisotopic (exact) mass is 277 g/mol. The van der Waals surface area contributed by atoms with Crippen molar-refractivity contribution in [3.63, 3.8) is 0 Å². The fraction of sp³-hybridized carbons (Fsp3) is 0.333. The van der Waals surface area contributed by atoms with Crippen LogP contribution in [-0.4, -0.2) is 16.1 Å². The second-order valence-corrected chi connectivity index (χ2v) is 6.05. The van der Waals surface area contributed by atoms with E-state index in [1.165, 1.54) is 0 Å². The summed E-state index contributed by atoms with van der Waals surface area (Å²) in [6, 6.07) is 5.90. The summed E-state index contributed by atoms with van der Waals surface area (Å²) in [5.74, 6) is -1.04. The van der Waals surface area contributed by atoms with E-state index < -0.39 is 5.97 Å². The van der Waals surface area contributed by atoms with Crippen molar-refractivity contribution in [3.8, 4) is 0 Å². The average Bonchev–Trinajstić information content (AvgIpc) is 2.26. The van der Waals surface area contributed by atoms with E-state index in [1.807, 2.05) is 18.2 Å². The van der Waals surface area contributed by atoms with Gasteiger partial charge in [0.1, 0.15) is 10.7 Å². The number of aryl methyl sites for hydroxylation is 1. The van der Waals surface area contributed by atoms with Crippen molar-refractivity contribution in [1.82, 2.24) is 4.98 Å². The SMILES string of the molecule is Cc1c(C(=O)O)c(Cl)nc2cc(C(C)(C)C)ccc12. The zero-order valence-corrected chi connectivity index (χ0v) is 12.2.